The van der Waals surface area contributed by atoms with Gasteiger partial charge in [-0.15, -0.1) is 6.42 Å². The van der Waals surface area contributed by atoms with Crippen molar-refractivity contribution in [2.45, 2.75) is 13.3 Å². The molecular weight excluding hydrogens is 122 g/mol. The third-order valence-corrected chi connectivity index (χ3v) is 2.02. The smallest absolute Gasteiger partial charge is 0.00176 e. The first-order valence-electron chi connectivity index (χ1n) is 3.68. The minimum absolute atomic E-state index is 0.691. The fraction of sp³-hybridized carbons (Fsp3) is 0.556. The van der Waals surface area contributed by atoms with E-state index in [2.05, 4.69) is 18.2 Å². The molecule has 1 saturated heterocycles. The minimum atomic E-state index is 0.691. The van der Waals surface area contributed by atoms with Crippen LogP contribution >= 0.6 is 0 Å². The standard InChI is InChI=1S/C9H13N/c1-3-4-8(2)9-5-6-10-7-9/h1,4,9-10H,5-7H2,2H3/b8-4+. The maximum Gasteiger partial charge on any atom is 0.00176 e. The van der Waals surface area contributed by atoms with E-state index in [1.54, 1.807) is 0 Å². The number of hydrogen-bond donors (Lipinski definition) is 1. The predicted octanol–water partition coefficient (Wildman–Crippen LogP) is 1.18. The van der Waals surface area contributed by atoms with Crippen LogP contribution < -0.4 is 5.32 Å². The van der Waals surface area contributed by atoms with Crippen molar-refractivity contribution in [3.8, 4) is 12.3 Å². The number of hydrogen-bond acceptors (Lipinski definition) is 1. The Balaban J connectivity index is 2.49. The van der Waals surface area contributed by atoms with Crippen molar-refractivity contribution in [3.63, 3.8) is 0 Å². The molecule has 0 spiro atoms. The average Bonchev–Trinajstić information content (AvgIpc) is 2.38. The van der Waals surface area contributed by atoms with E-state index in [-0.39, 0.29) is 0 Å². The van der Waals surface area contributed by atoms with Crippen LogP contribution in [0.25, 0.3) is 0 Å². The number of nitrogens with one attached hydrogen (secondary N) is 1. The summed E-state index contributed by atoms with van der Waals surface area (Å²) in [6, 6.07) is 0. The second-order valence-corrected chi connectivity index (χ2v) is 2.74. The van der Waals surface area contributed by atoms with Gasteiger partial charge in [0.05, 0.1) is 0 Å². The first-order valence-corrected chi connectivity index (χ1v) is 3.68. The van der Waals surface area contributed by atoms with Crippen LogP contribution in [0.3, 0.4) is 0 Å². The Morgan fingerprint density at radius 1 is 1.80 bits per heavy atom. The highest BCUT2D eigenvalue weighted by atomic mass is 14.9. The summed E-state index contributed by atoms with van der Waals surface area (Å²) in [5.41, 5.74) is 1.34. The Bertz CT molecular complexity index is 168. The van der Waals surface area contributed by atoms with E-state index in [1.807, 2.05) is 6.08 Å². The van der Waals surface area contributed by atoms with Crippen molar-refractivity contribution in [1.82, 2.24) is 5.32 Å². The molecule has 10 heavy (non-hydrogen) atoms. The van der Waals surface area contributed by atoms with Crippen molar-refractivity contribution >= 4 is 0 Å². The Labute approximate surface area is 62.5 Å². The molecule has 0 aromatic heterocycles. The van der Waals surface area contributed by atoms with E-state index in [0.717, 1.165) is 13.1 Å². The summed E-state index contributed by atoms with van der Waals surface area (Å²) in [5.74, 6) is 3.25. The minimum Gasteiger partial charge on any atom is -0.316 e. The first kappa shape index (κ1) is 7.37. The van der Waals surface area contributed by atoms with E-state index >= 15 is 0 Å². The van der Waals surface area contributed by atoms with E-state index in [4.69, 9.17) is 6.42 Å². The molecule has 0 radical (unpaired) electrons. The quantitative estimate of drug-likeness (QED) is 0.532. The van der Waals surface area contributed by atoms with Crippen LogP contribution in [0, 0.1) is 18.3 Å². The molecule has 1 heteroatoms. The van der Waals surface area contributed by atoms with Crippen molar-refractivity contribution in [3.05, 3.63) is 11.6 Å². The third kappa shape index (κ3) is 1.62. The van der Waals surface area contributed by atoms with Gasteiger partial charge in [0.2, 0.25) is 0 Å². The third-order valence-electron chi connectivity index (χ3n) is 2.02. The Morgan fingerprint density at radius 3 is 3.10 bits per heavy atom. The molecule has 1 aliphatic heterocycles. The Kier molecular flexibility index (Phi) is 2.53. The molecule has 0 saturated carbocycles. The number of terminal acetylenes is 1. The predicted molar refractivity (Wildman–Crippen MR) is 43.6 cm³/mol. The van der Waals surface area contributed by atoms with Gasteiger partial charge in [-0.25, -0.2) is 0 Å². The van der Waals surface area contributed by atoms with Crippen LogP contribution in [0.1, 0.15) is 13.3 Å². The molecule has 54 valence electrons. The van der Waals surface area contributed by atoms with Gasteiger partial charge in [0.15, 0.2) is 0 Å². The zero-order chi connectivity index (χ0) is 7.40. The SMILES string of the molecule is C#C/C=C(\C)C1CCNC1. The van der Waals surface area contributed by atoms with Gasteiger partial charge < -0.3 is 5.32 Å². The zero-order valence-electron chi connectivity index (χ0n) is 6.35. The molecule has 0 aliphatic carbocycles. The van der Waals surface area contributed by atoms with Crippen LogP contribution in [0.2, 0.25) is 0 Å². The lowest BCUT2D eigenvalue weighted by Crippen LogP contribution is -2.09. The summed E-state index contributed by atoms with van der Waals surface area (Å²) in [6.45, 7) is 4.35. The summed E-state index contributed by atoms with van der Waals surface area (Å²) in [4.78, 5) is 0. The van der Waals surface area contributed by atoms with Crippen LogP contribution in [-0.4, -0.2) is 13.1 Å². The van der Waals surface area contributed by atoms with Crippen LogP contribution in [-0.2, 0) is 0 Å². The van der Waals surface area contributed by atoms with E-state index in [1.165, 1.54) is 12.0 Å². The second-order valence-electron chi connectivity index (χ2n) is 2.74. The molecule has 1 heterocycles. The fourth-order valence-electron chi connectivity index (χ4n) is 1.29. The average molecular weight is 135 g/mol. The van der Waals surface area contributed by atoms with Gasteiger partial charge in [0.1, 0.15) is 0 Å². The molecule has 1 nitrogen and oxygen atoms in total. The van der Waals surface area contributed by atoms with Crippen LogP contribution in [0.15, 0.2) is 11.6 Å². The summed E-state index contributed by atoms with van der Waals surface area (Å²) in [7, 11) is 0. The summed E-state index contributed by atoms with van der Waals surface area (Å²) in [5, 5.41) is 3.30. The van der Waals surface area contributed by atoms with E-state index in [0.29, 0.717) is 5.92 Å². The van der Waals surface area contributed by atoms with Gasteiger partial charge >= 0.3 is 0 Å². The van der Waals surface area contributed by atoms with Crippen LogP contribution in [0.4, 0.5) is 0 Å². The molecule has 1 unspecified atom stereocenters. The van der Waals surface area contributed by atoms with Gasteiger partial charge in [-0.2, -0.15) is 0 Å². The van der Waals surface area contributed by atoms with Gasteiger partial charge in [-0.3, -0.25) is 0 Å². The van der Waals surface area contributed by atoms with Gasteiger partial charge in [0, 0.05) is 6.54 Å². The van der Waals surface area contributed by atoms with E-state index in [9.17, 15) is 0 Å². The maximum atomic E-state index is 5.15. The lowest BCUT2D eigenvalue weighted by molar-refractivity contribution is 0.682. The molecule has 1 aliphatic rings. The monoisotopic (exact) mass is 135 g/mol. The molecular formula is C9H13N. The van der Waals surface area contributed by atoms with Gasteiger partial charge in [0.25, 0.3) is 0 Å². The van der Waals surface area contributed by atoms with Crippen molar-refractivity contribution in [2.24, 2.45) is 5.92 Å². The van der Waals surface area contributed by atoms with Crippen molar-refractivity contribution in [1.29, 1.82) is 0 Å². The van der Waals surface area contributed by atoms with Gasteiger partial charge in [-0.05, 0) is 31.9 Å². The van der Waals surface area contributed by atoms with Crippen molar-refractivity contribution < 1.29 is 0 Å². The summed E-state index contributed by atoms with van der Waals surface area (Å²) >= 11 is 0. The van der Waals surface area contributed by atoms with Gasteiger partial charge in [-0.1, -0.05) is 11.5 Å². The highest BCUT2D eigenvalue weighted by Crippen LogP contribution is 2.16. The van der Waals surface area contributed by atoms with Crippen LogP contribution in [0.5, 0.6) is 0 Å². The lowest BCUT2D eigenvalue weighted by atomic mass is 10.00. The normalized spacial score (nSPS) is 26.4. The lowest BCUT2D eigenvalue weighted by Gasteiger charge is -2.05. The molecule has 1 fully saturated rings. The summed E-state index contributed by atoms with van der Waals surface area (Å²) in [6.07, 6.45) is 8.26. The second kappa shape index (κ2) is 3.43. The molecule has 0 amide bonds. The highest BCUT2D eigenvalue weighted by molar-refractivity contribution is 5.18. The van der Waals surface area contributed by atoms with Crippen molar-refractivity contribution in [2.75, 3.05) is 13.1 Å². The topological polar surface area (TPSA) is 12.0 Å². The Morgan fingerprint density at radius 2 is 2.60 bits per heavy atom. The van der Waals surface area contributed by atoms with E-state index < -0.39 is 0 Å². The molecule has 1 rings (SSSR count). The molecule has 0 bridgehead atoms. The zero-order valence-corrected chi connectivity index (χ0v) is 6.35. The fourth-order valence-corrected chi connectivity index (χ4v) is 1.29. The molecule has 1 N–H and O–H groups in total. The molecule has 1 atom stereocenters. The Hall–Kier alpha value is -0.740. The largest absolute Gasteiger partial charge is 0.316 e. The molecule has 0 aromatic rings. The number of rotatable bonds is 1. The highest BCUT2D eigenvalue weighted by Gasteiger charge is 2.14. The number of allylic oxidation sites excluding steroid dienone is 1. The first-order chi connectivity index (χ1) is 4.84. The molecule has 0 aromatic carbocycles. The summed E-state index contributed by atoms with van der Waals surface area (Å²) < 4.78 is 0. The maximum absolute atomic E-state index is 5.15.